The second-order valence-electron chi connectivity index (χ2n) is 7.03. The molecule has 0 saturated heterocycles. The highest BCUT2D eigenvalue weighted by Crippen LogP contribution is 2.43. The van der Waals surface area contributed by atoms with E-state index in [2.05, 4.69) is 25.2 Å². The predicted molar refractivity (Wildman–Crippen MR) is 75.2 cm³/mol. The van der Waals surface area contributed by atoms with Crippen molar-refractivity contribution in [3.8, 4) is 0 Å². The smallest absolute Gasteiger partial charge is 0.109 e. The summed E-state index contributed by atoms with van der Waals surface area (Å²) in [5.74, 6) is 2.23. The second-order valence-corrected chi connectivity index (χ2v) is 7.03. The van der Waals surface area contributed by atoms with Crippen LogP contribution >= 0.6 is 0 Å². The van der Waals surface area contributed by atoms with Gasteiger partial charge in [0.05, 0.1) is 6.10 Å². The third kappa shape index (κ3) is 2.59. The fourth-order valence-corrected chi connectivity index (χ4v) is 3.51. The Morgan fingerprint density at radius 2 is 2.11 bits per heavy atom. The lowest BCUT2D eigenvalue weighted by Gasteiger charge is -2.41. The highest BCUT2D eigenvalue weighted by Gasteiger charge is 2.38. The number of nitrogens with one attached hydrogen (secondary N) is 1. The summed E-state index contributed by atoms with van der Waals surface area (Å²) in [7, 11) is 1.81. The first-order valence-electron chi connectivity index (χ1n) is 7.35. The summed E-state index contributed by atoms with van der Waals surface area (Å²) in [5.41, 5.74) is 1.71. The largest absolute Gasteiger partial charge is 0.466 e. The number of fused-ring (bicyclic) bond motifs is 1. The van der Waals surface area contributed by atoms with E-state index >= 15 is 0 Å². The minimum atomic E-state index is 0.319. The fraction of sp³-hybridized carbons (Fsp3) is 0.750. The molecule has 0 radical (unpaired) electrons. The Morgan fingerprint density at radius 3 is 2.79 bits per heavy atom. The van der Waals surface area contributed by atoms with E-state index in [-0.39, 0.29) is 0 Å². The molecule has 0 aliphatic heterocycles. The van der Waals surface area contributed by atoms with Crippen LogP contribution < -0.4 is 5.32 Å². The summed E-state index contributed by atoms with van der Waals surface area (Å²) in [6, 6.07) is 3.26. The number of ether oxygens (including phenoxy) is 1. The predicted octanol–water partition coefficient (Wildman–Crippen LogP) is 3.37. The van der Waals surface area contributed by atoms with Gasteiger partial charge in [0.15, 0.2) is 0 Å². The Kier molecular flexibility index (Phi) is 3.22. The first-order valence-corrected chi connectivity index (χ1v) is 7.35. The zero-order valence-electron chi connectivity index (χ0n) is 12.5. The van der Waals surface area contributed by atoms with Crippen LogP contribution in [0.15, 0.2) is 10.5 Å². The summed E-state index contributed by atoms with van der Waals surface area (Å²) < 4.78 is 11.2. The molecule has 1 atom stereocenters. The molecule has 19 heavy (non-hydrogen) atoms. The Labute approximate surface area is 115 Å². The molecule has 0 bridgehead atoms. The molecule has 1 fully saturated rings. The molecule has 1 heterocycles. The Balaban J connectivity index is 1.73. The van der Waals surface area contributed by atoms with E-state index in [4.69, 9.17) is 9.15 Å². The van der Waals surface area contributed by atoms with Crippen LogP contribution in [0, 0.1) is 12.3 Å². The van der Waals surface area contributed by atoms with Gasteiger partial charge in [-0.05, 0) is 37.7 Å². The van der Waals surface area contributed by atoms with Gasteiger partial charge in [-0.15, -0.1) is 0 Å². The van der Waals surface area contributed by atoms with Gasteiger partial charge in [0, 0.05) is 31.2 Å². The number of hydrogen-bond acceptors (Lipinski definition) is 3. The van der Waals surface area contributed by atoms with Gasteiger partial charge in [0.2, 0.25) is 0 Å². The van der Waals surface area contributed by atoms with Gasteiger partial charge in [0.1, 0.15) is 11.5 Å². The van der Waals surface area contributed by atoms with Crippen LogP contribution in [0.4, 0.5) is 0 Å². The van der Waals surface area contributed by atoms with Crippen molar-refractivity contribution < 1.29 is 9.15 Å². The molecule has 1 saturated carbocycles. The van der Waals surface area contributed by atoms with Crippen molar-refractivity contribution in [2.24, 2.45) is 5.41 Å². The van der Waals surface area contributed by atoms with Crippen LogP contribution in [0.5, 0.6) is 0 Å². The van der Waals surface area contributed by atoms with Gasteiger partial charge in [-0.25, -0.2) is 0 Å². The number of methoxy groups -OCH3 is 1. The molecule has 106 valence electrons. The zero-order valence-corrected chi connectivity index (χ0v) is 12.5. The Bertz CT molecular complexity index is 457. The van der Waals surface area contributed by atoms with E-state index in [1.165, 1.54) is 17.7 Å². The minimum Gasteiger partial charge on any atom is -0.466 e. The molecular weight excluding hydrogens is 238 g/mol. The van der Waals surface area contributed by atoms with Crippen LogP contribution in [0.3, 0.4) is 0 Å². The van der Waals surface area contributed by atoms with Crippen molar-refractivity contribution in [2.75, 3.05) is 7.11 Å². The Hall–Kier alpha value is -0.800. The van der Waals surface area contributed by atoms with E-state index in [9.17, 15) is 0 Å². The molecule has 3 rings (SSSR count). The SMILES string of the molecule is COC1CC(NC2CC(C)(C)Cc3oc(C)cc32)C1. The minimum absolute atomic E-state index is 0.319. The molecule has 2 aliphatic carbocycles. The van der Waals surface area contributed by atoms with E-state index < -0.39 is 0 Å². The van der Waals surface area contributed by atoms with Crippen molar-refractivity contribution in [2.45, 2.75) is 64.6 Å². The third-order valence-corrected chi connectivity index (χ3v) is 4.60. The van der Waals surface area contributed by atoms with Crippen molar-refractivity contribution in [3.63, 3.8) is 0 Å². The highest BCUT2D eigenvalue weighted by atomic mass is 16.5. The standard InChI is InChI=1S/C16H25NO2/c1-10-5-13-14(17-11-6-12(7-11)18-4)8-16(2,3)9-15(13)19-10/h5,11-12,14,17H,6-9H2,1-4H3. The fourth-order valence-electron chi connectivity index (χ4n) is 3.51. The van der Waals surface area contributed by atoms with Gasteiger partial charge in [0.25, 0.3) is 0 Å². The molecule has 1 aromatic heterocycles. The zero-order chi connectivity index (χ0) is 13.6. The average molecular weight is 263 g/mol. The quantitative estimate of drug-likeness (QED) is 0.908. The molecule has 1 aromatic rings. The maximum Gasteiger partial charge on any atom is 0.109 e. The first kappa shape index (κ1) is 13.2. The van der Waals surface area contributed by atoms with Gasteiger partial charge in [-0.1, -0.05) is 13.8 Å². The Morgan fingerprint density at radius 1 is 1.37 bits per heavy atom. The molecule has 0 aromatic carbocycles. The van der Waals surface area contributed by atoms with Gasteiger partial charge in [-0.3, -0.25) is 0 Å². The van der Waals surface area contributed by atoms with Crippen molar-refractivity contribution in [1.82, 2.24) is 5.32 Å². The topological polar surface area (TPSA) is 34.4 Å². The molecular formula is C16H25NO2. The molecule has 1 unspecified atom stereocenters. The van der Waals surface area contributed by atoms with Gasteiger partial charge in [-0.2, -0.15) is 0 Å². The van der Waals surface area contributed by atoms with E-state index in [0.29, 0.717) is 23.6 Å². The van der Waals surface area contributed by atoms with Gasteiger partial charge >= 0.3 is 0 Å². The van der Waals surface area contributed by atoms with E-state index in [1.54, 1.807) is 0 Å². The number of rotatable bonds is 3. The maximum atomic E-state index is 5.88. The van der Waals surface area contributed by atoms with Crippen LogP contribution in [-0.2, 0) is 11.2 Å². The molecule has 3 nitrogen and oxygen atoms in total. The van der Waals surface area contributed by atoms with Gasteiger partial charge < -0.3 is 14.5 Å². The summed E-state index contributed by atoms with van der Waals surface area (Å²) in [6.07, 6.45) is 4.98. The van der Waals surface area contributed by atoms with Crippen LogP contribution in [0.2, 0.25) is 0 Å². The van der Waals surface area contributed by atoms with Crippen LogP contribution in [0.1, 0.15) is 56.2 Å². The molecule has 0 amide bonds. The lowest BCUT2D eigenvalue weighted by Crippen LogP contribution is -2.48. The summed E-state index contributed by atoms with van der Waals surface area (Å²) in [6.45, 7) is 6.72. The molecule has 0 spiro atoms. The second kappa shape index (κ2) is 4.64. The summed E-state index contributed by atoms with van der Waals surface area (Å²) in [5, 5.41) is 3.80. The van der Waals surface area contributed by atoms with Crippen molar-refractivity contribution in [1.29, 1.82) is 0 Å². The first-order chi connectivity index (χ1) is 8.97. The average Bonchev–Trinajstić information content (AvgIpc) is 2.61. The lowest BCUT2D eigenvalue weighted by molar-refractivity contribution is 0.0116. The summed E-state index contributed by atoms with van der Waals surface area (Å²) in [4.78, 5) is 0. The summed E-state index contributed by atoms with van der Waals surface area (Å²) >= 11 is 0. The normalized spacial score (nSPS) is 32.7. The monoisotopic (exact) mass is 263 g/mol. The van der Waals surface area contributed by atoms with Crippen LogP contribution in [0.25, 0.3) is 0 Å². The third-order valence-electron chi connectivity index (χ3n) is 4.60. The number of hydrogen-bond donors (Lipinski definition) is 1. The lowest BCUT2D eigenvalue weighted by atomic mass is 9.74. The number of furan rings is 1. The van der Waals surface area contributed by atoms with E-state index in [0.717, 1.165) is 25.0 Å². The molecule has 1 N–H and O–H groups in total. The molecule has 2 aliphatic rings. The highest BCUT2D eigenvalue weighted by molar-refractivity contribution is 5.29. The maximum absolute atomic E-state index is 5.88. The van der Waals surface area contributed by atoms with Crippen LogP contribution in [-0.4, -0.2) is 19.3 Å². The van der Waals surface area contributed by atoms with E-state index in [1.807, 2.05) is 14.0 Å². The molecule has 3 heteroatoms. The van der Waals surface area contributed by atoms with Crippen molar-refractivity contribution >= 4 is 0 Å². The number of aryl methyl sites for hydroxylation is 1. The van der Waals surface area contributed by atoms with Crippen molar-refractivity contribution in [3.05, 3.63) is 23.2 Å².